The Bertz CT molecular complexity index is 539. The highest BCUT2D eigenvalue weighted by Gasteiger charge is 2.50. The van der Waals surface area contributed by atoms with Crippen LogP contribution in [-0.2, 0) is 9.84 Å². The summed E-state index contributed by atoms with van der Waals surface area (Å²) in [5.74, 6) is -0.186. The van der Waals surface area contributed by atoms with Crippen molar-refractivity contribution >= 4 is 27.1 Å². The number of rotatable bonds is 0. The maximum Gasteiger partial charge on any atom is 0.263 e. The van der Waals surface area contributed by atoms with Crippen LogP contribution < -0.4 is 5.32 Å². The van der Waals surface area contributed by atoms with Gasteiger partial charge in [-0.3, -0.25) is 4.79 Å². The number of carbonyl (C=O) groups is 1. The Morgan fingerprint density at radius 2 is 2.13 bits per heavy atom. The number of nitrogens with one attached hydrogen (secondary N) is 1. The predicted octanol–water partition coefficient (Wildman–Crippen LogP) is 0.798. The van der Waals surface area contributed by atoms with Gasteiger partial charge in [0.2, 0.25) is 0 Å². The van der Waals surface area contributed by atoms with Crippen molar-refractivity contribution in [2.24, 2.45) is 0 Å². The highest BCUT2D eigenvalue weighted by molar-refractivity contribution is 7.91. The average Bonchev–Trinajstić information content (AvgIpc) is 2.72. The SMILES string of the molecule is O=C1NC2(CC2)CS(=O)(=O)c2ccsc21. The number of hydrogen-bond donors (Lipinski definition) is 1. The number of sulfone groups is 1. The second kappa shape index (κ2) is 2.62. The summed E-state index contributed by atoms with van der Waals surface area (Å²) in [6, 6.07) is 1.52. The third kappa shape index (κ3) is 1.32. The monoisotopic (exact) mass is 243 g/mol. The molecule has 15 heavy (non-hydrogen) atoms. The summed E-state index contributed by atoms with van der Waals surface area (Å²) in [5.41, 5.74) is -0.464. The van der Waals surface area contributed by atoms with E-state index in [1.807, 2.05) is 0 Å². The van der Waals surface area contributed by atoms with Crippen molar-refractivity contribution in [3.05, 3.63) is 16.3 Å². The summed E-state index contributed by atoms with van der Waals surface area (Å²) in [5, 5.41) is 4.46. The molecule has 1 aromatic rings. The van der Waals surface area contributed by atoms with Crippen molar-refractivity contribution in [3.63, 3.8) is 0 Å². The van der Waals surface area contributed by atoms with Crippen molar-refractivity contribution in [1.82, 2.24) is 5.32 Å². The molecule has 1 N–H and O–H groups in total. The highest BCUT2D eigenvalue weighted by Crippen LogP contribution is 2.41. The summed E-state index contributed by atoms with van der Waals surface area (Å²) < 4.78 is 23.9. The van der Waals surface area contributed by atoms with Gasteiger partial charge < -0.3 is 5.32 Å². The topological polar surface area (TPSA) is 63.2 Å². The van der Waals surface area contributed by atoms with Crippen molar-refractivity contribution in [3.8, 4) is 0 Å². The van der Waals surface area contributed by atoms with Gasteiger partial charge in [-0.05, 0) is 24.3 Å². The average molecular weight is 243 g/mol. The van der Waals surface area contributed by atoms with Crippen molar-refractivity contribution in [2.75, 3.05) is 5.75 Å². The fourth-order valence-corrected chi connectivity index (χ4v) is 5.09. The molecule has 80 valence electrons. The molecule has 0 aromatic carbocycles. The molecule has 1 saturated carbocycles. The number of fused-ring (bicyclic) bond motifs is 1. The van der Waals surface area contributed by atoms with E-state index in [1.165, 1.54) is 17.4 Å². The Morgan fingerprint density at radius 3 is 2.80 bits per heavy atom. The molecule has 0 atom stereocenters. The maximum atomic E-state index is 12.0. The maximum absolute atomic E-state index is 12.0. The Kier molecular flexibility index (Phi) is 1.63. The van der Waals surface area contributed by atoms with E-state index in [2.05, 4.69) is 5.32 Å². The molecule has 1 aromatic heterocycles. The largest absolute Gasteiger partial charge is 0.345 e. The normalized spacial score (nSPS) is 25.5. The minimum absolute atomic E-state index is 0.0511. The second-order valence-electron chi connectivity index (χ2n) is 4.11. The van der Waals surface area contributed by atoms with Crippen LogP contribution in [0.5, 0.6) is 0 Å². The zero-order valence-electron chi connectivity index (χ0n) is 7.82. The molecule has 1 fully saturated rings. The summed E-state index contributed by atoms with van der Waals surface area (Å²) in [4.78, 5) is 12.3. The van der Waals surface area contributed by atoms with Crippen molar-refractivity contribution in [2.45, 2.75) is 23.3 Å². The Hall–Kier alpha value is -0.880. The Morgan fingerprint density at radius 1 is 1.40 bits per heavy atom. The van der Waals surface area contributed by atoms with E-state index in [0.717, 1.165) is 12.8 Å². The minimum Gasteiger partial charge on any atom is -0.345 e. The number of carbonyl (C=O) groups excluding carboxylic acids is 1. The molecule has 0 radical (unpaired) electrons. The molecule has 1 aliphatic heterocycles. The van der Waals surface area contributed by atoms with Crippen LogP contribution in [0.4, 0.5) is 0 Å². The van der Waals surface area contributed by atoms with Crippen LogP contribution in [0.25, 0.3) is 0 Å². The van der Waals surface area contributed by atoms with E-state index >= 15 is 0 Å². The summed E-state index contributed by atoms with van der Waals surface area (Å²) in [6.07, 6.45) is 1.54. The summed E-state index contributed by atoms with van der Waals surface area (Å²) >= 11 is 1.19. The molecular formula is C9H9NO3S2. The van der Waals surface area contributed by atoms with Gasteiger partial charge in [0.15, 0.2) is 9.84 Å². The first kappa shape index (κ1) is 9.35. The van der Waals surface area contributed by atoms with Crippen LogP contribution in [-0.4, -0.2) is 25.6 Å². The molecule has 0 saturated heterocycles. The molecule has 6 heteroatoms. The van der Waals surface area contributed by atoms with Gasteiger partial charge in [0, 0.05) is 0 Å². The van der Waals surface area contributed by atoms with E-state index in [1.54, 1.807) is 5.38 Å². The first-order chi connectivity index (χ1) is 7.03. The molecule has 4 nitrogen and oxygen atoms in total. The number of thiophene rings is 1. The smallest absolute Gasteiger partial charge is 0.263 e. The van der Waals surface area contributed by atoms with Gasteiger partial charge in [-0.1, -0.05) is 0 Å². The Labute approximate surface area is 91.2 Å². The molecule has 2 aliphatic rings. The summed E-state index contributed by atoms with van der Waals surface area (Å²) in [6.45, 7) is 0. The molecule has 0 unspecified atom stereocenters. The van der Waals surface area contributed by atoms with Gasteiger partial charge in [0.1, 0.15) is 4.88 Å². The fourth-order valence-electron chi connectivity index (χ4n) is 1.90. The lowest BCUT2D eigenvalue weighted by Crippen LogP contribution is -2.38. The van der Waals surface area contributed by atoms with Crippen LogP contribution in [0.3, 0.4) is 0 Å². The lowest BCUT2D eigenvalue weighted by molar-refractivity contribution is 0.0939. The van der Waals surface area contributed by atoms with Crippen molar-refractivity contribution in [1.29, 1.82) is 0 Å². The molecular weight excluding hydrogens is 234 g/mol. The van der Waals surface area contributed by atoms with Crippen LogP contribution in [0.15, 0.2) is 16.3 Å². The zero-order chi connectivity index (χ0) is 10.7. The predicted molar refractivity (Wildman–Crippen MR) is 55.8 cm³/mol. The van der Waals surface area contributed by atoms with E-state index in [0.29, 0.717) is 4.88 Å². The molecule has 0 bridgehead atoms. The summed E-state index contributed by atoms with van der Waals surface area (Å²) in [7, 11) is -3.29. The number of amides is 1. The Balaban J connectivity index is 2.21. The first-order valence-electron chi connectivity index (χ1n) is 4.65. The van der Waals surface area contributed by atoms with Crippen LogP contribution in [0.2, 0.25) is 0 Å². The highest BCUT2D eigenvalue weighted by atomic mass is 32.2. The molecule has 1 amide bonds. The van der Waals surface area contributed by atoms with Gasteiger partial charge in [-0.15, -0.1) is 11.3 Å². The van der Waals surface area contributed by atoms with E-state index in [4.69, 9.17) is 0 Å². The molecule has 1 spiro atoms. The quantitative estimate of drug-likeness (QED) is 0.733. The zero-order valence-corrected chi connectivity index (χ0v) is 9.45. The minimum atomic E-state index is -3.29. The molecule has 2 heterocycles. The third-order valence-corrected chi connectivity index (χ3v) is 5.85. The van der Waals surface area contributed by atoms with Gasteiger partial charge in [-0.25, -0.2) is 8.42 Å². The van der Waals surface area contributed by atoms with Gasteiger partial charge in [0.05, 0.1) is 16.2 Å². The van der Waals surface area contributed by atoms with Gasteiger partial charge in [0.25, 0.3) is 5.91 Å². The van der Waals surface area contributed by atoms with Gasteiger partial charge in [-0.2, -0.15) is 0 Å². The van der Waals surface area contributed by atoms with E-state index < -0.39 is 15.4 Å². The number of hydrogen-bond acceptors (Lipinski definition) is 4. The van der Waals surface area contributed by atoms with Crippen LogP contribution in [0, 0.1) is 0 Å². The van der Waals surface area contributed by atoms with E-state index in [9.17, 15) is 13.2 Å². The molecule has 1 aliphatic carbocycles. The van der Waals surface area contributed by atoms with E-state index in [-0.39, 0.29) is 16.6 Å². The lowest BCUT2D eigenvalue weighted by atomic mass is 10.3. The third-order valence-electron chi connectivity index (χ3n) is 2.87. The standard InChI is InChI=1S/C9H9NO3S2/c11-8-7-6(1-4-14-7)15(12,13)5-9(10-8)2-3-9/h1,4H,2-3,5H2,(H,10,11). The lowest BCUT2D eigenvalue weighted by Gasteiger charge is -2.11. The molecule has 3 rings (SSSR count). The fraction of sp³-hybridized carbons (Fsp3) is 0.444. The second-order valence-corrected chi connectivity index (χ2v) is 6.98. The first-order valence-corrected chi connectivity index (χ1v) is 7.18. The van der Waals surface area contributed by atoms with Crippen LogP contribution >= 0.6 is 11.3 Å². The van der Waals surface area contributed by atoms with Crippen LogP contribution in [0.1, 0.15) is 22.5 Å². The van der Waals surface area contributed by atoms with Crippen molar-refractivity contribution < 1.29 is 13.2 Å². The van der Waals surface area contributed by atoms with Gasteiger partial charge >= 0.3 is 0 Å².